The lowest BCUT2D eigenvalue weighted by atomic mass is 10.1. The Morgan fingerprint density at radius 1 is 1.42 bits per heavy atom. The van der Waals surface area contributed by atoms with E-state index in [1.807, 2.05) is 11.4 Å². The van der Waals surface area contributed by atoms with Crippen molar-refractivity contribution >= 4 is 28.9 Å². The molecular formula is C13H12N2O3S. The molecule has 5 nitrogen and oxygen atoms in total. The maximum absolute atomic E-state index is 11.6. The van der Waals surface area contributed by atoms with Gasteiger partial charge >= 0.3 is 5.97 Å². The summed E-state index contributed by atoms with van der Waals surface area (Å²) in [5.74, 6) is -2.76. The molecule has 98 valence electrons. The molecule has 0 aliphatic rings. The molecule has 1 aromatic heterocycles. The van der Waals surface area contributed by atoms with Gasteiger partial charge in [-0.1, -0.05) is 12.1 Å². The number of nitrogens with zero attached hydrogens (tertiary/aromatic N) is 1. The third-order valence-electron chi connectivity index (χ3n) is 2.57. The van der Waals surface area contributed by atoms with Gasteiger partial charge in [0, 0.05) is 22.8 Å². The van der Waals surface area contributed by atoms with Gasteiger partial charge < -0.3 is 10.4 Å². The molecule has 0 aliphatic heterocycles. The molecule has 1 aromatic carbocycles. The molecule has 1 atom stereocenters. The van der Waals surface area contributed by atoms with Gasteiger partial charge in [0.15, 0.2) is 0 Å². The third kappa shape index (κ3) is 3.17. The number of carboxylic acids is 1. The van der Waals surface area contributed by atoms with E-state index in [0.717, 1.165) is 10.6 Å². The van der Waals surface area contributed by atoms with Crippen LogP contribution in [0.1, 0.15) is 6.92 Å². The summed E-state index contributed by atoms with van der Waals surface area (Å²) in [6.45, 7) is 1.35. The quantitative estimate of drug-likeness (QED) is 0.841. The molecule has 2 aromatic rings. The monoisotopic (exact) mass is 276 g/mol. The zero-order valence-electron chi connectivity index (χ0n) is 10.2. The molecular weight excluding hydrogens is 264 g/mol. The molecule has 0 spiro atoms. The van der Waals surface area contributed by atoms with Crippen LogP contribution < -0.4 is 5.32 Å². The minimum atomic E-state index is -1.14. The Hall–Kier alpha value is -2.21. The minimum Gasteiger partial charge on any atom is -0.481 e. The first-order chi connectivity index (χ1) is 9.08. The molecule has 0 saturated heterocycles. The van der Waals surface area contributed by atoms with Crippen LogP contribution in [0.4, 0.5) is 5.69 Å². The molecule has 1 unspecified atom stereocenters. The molecule has 0 bridgehead atoms. The average molecular weight is 276 g/mol. The lowest BCUT2D eigenvalue weighted by molar-refractivity contribution is -0.144. The van der Waals surface area contributed by atoms with E-state index in [4.69, 9.17) is 5.11 Å². The highest BCUT2D eigenvalue weighted by molar-refractivity contribution is 7.13. The lowest BCUT2D eigenvalue weighted by Crippen LogP contribution is -2.26. The number of anilines is 1. The summed E-state index contributed by atoms with van der Waals surface area (Å²) < 4.78 is 0. The zero-order valence-corrected chi connectivity index (χ0v) is 11.0. The fourth-order valence-corrected chi connectivity index (χ4v) is 2.09. The SMILES string of the molecule is CC(C(=O)O)C(=O)Nc1cccc(-c2nccs2)c1. The maximum Gasteiger partial charge on any atom is 0.315 e. The normalized spacial score (nSPS) is 11.8. The number of rotatable bonds is 4. The number of carbonyl (C=O) groups excluding carboxylic acids is 1. The summed E-state index contributed by atoms with van der Waals surface area (Å²) in [5, 5.41) is 14.1. The molecule has 6 heteroatoms. The number of carboxylic acid groups (broad SMARTS) is 1. The summed E-state index contributed by atoms with van der Waals surface area (Å²) in [5.41, 5.74) is 1.45. The molecule has 0 aliphatic carbocycles. The first kappa shape index (κ1) is 13.2. The molecule has 0 radical (unpaired) electrons. The second kappa shape index (κ2) is 5.62. The van der Waals surface area contributed by atoms with E-state index in [-0.39, 0.29) is 0 Å². The smallest absolute Gasteiger partial charge is 0.315 e. The van der Waals surface area contributed by atoms with Crippen LogP contribution in [0, 0.1) is 5.92 Å². The van der Waals surface area contributed by atoms with Crippen LogP contribution in [-0.2, 0) is 9.59 Å². The van der Waals surface area contributed by atoms with Gasteiger partial charge in [-0.3, -0.25) is 9.59 Å². The van der Waals surface area contributed by atoms with Gasteiger partial charge in [-0.15, -0.1) is 11.3 Å². The van der Waals surface area contributed by atoms with Crippen LogP contribution in [0.25, 0.3) is 10.6 Å². The fraction of sp³-hybridized carbons (Fsp3) is 0.154. The van der Waals surface area contributed by atoms with Crippen molar-refractivity contribution in [3.8, 4) is 10.6 Å². The number of hydrogen-bond acceptors (Lipinski definition) is 4. The Bertz CT molecular complexity index is 596. The third-order valence-corrected chi connectivity index (χ3v) is 3.40. The number of aromatic nitrogens is 1. The molecule has 1 heterocycles. The predicted octanol–water partition coefficient (Wildman–Crippen LogP) is 2.47. The highest BCUT2D eigenvalue weighted by Gasteiger charge is 2.20. The highest BCUT2D eigenvalue weighted by atomic mass is 32.1. The molecule has 0 saturated carbocycles. The second-order valence-corrected chi connectivity index (χ2v) is 4.86. The van der Waals surface area contributed by atoms with Gasteiger partial charge in [0.2, 0.25) is 5.91 Å². The van der Waals surface area contributed by atoms with Gasteiger partial charge in [0.05, 0.1) is 0 Å². The van der Waals surface area contributed by atoms with E-state index in [9.17, 15) is 9.59 Å². The fourth-order valence-electron chi connectivity index (χ4n) is 1.46. The number of nitrogens with one attached hydrogen (secondary N) is 1. The van der Waals surface area contributed by atoms with Gasteiger partial charge in [0.1, 0.15) is 10.9 Å². The van der Waals surface area contributed by atoms with Gasteiger partial charge in [-0.05, 0) is 19.1 Å². The Morgan fingerprint density at radius 3 is 2.84 bits per heavy atom. The van der Waals surface area contributed by atoms with Gasteiger partial charge in [-0.25, -0.2) is 4.98 Å². The Morgan fingerprint density at radius 2 is 2.21 bits per heavy atom. The molecule has 2 rings (SSSR count). The van der Waals surface area contributed by atoms with Crippen molar-refractivity contribution in [1.29, 1.82) is 0 Å². The van der Waals surface area contributed by atoms with Crippen molar-refractivity contribution in [3.63, 3.8) is 0 Å². The number of amides is 1. The van der Waals surface area contributed by atoms with Crippen molar-refractivity contribution in [1.82, 2.24) is 4.98 Å². The number of thiazole rings is 1. The zero-order chi connectivity index (χ0) is 13.8. The van der Waals surface area contributed by atoms with Gasteiger partial charge in [0.25, 0.3) is 0 Å². The van der Waals surface area contributed by atoms with Crippen molar-refractivity contribution in [2.75, 3.05) is 5.32 Å². The van der Waals surface area contributed by atoms with E-state index in [1.165, 1.54) is 18.3 Å². The van der Waals surface area contributed by atoms with E-state index in [0.29, 0.717) is 5.69 Å². The topological polar surface area (TPSA) is 79.3 Å². The lowest BCUT2D eigenvalue weighted by Gasteiger charge is -2.09. The molecule has 1 amide bonds. The Labute approximate surface area is 113 Å². The van der Waals surface area contributed by atoms with E-state index >= 15 is 0 Å². The molecule has 0 fully saturated rings. The first-order valence-corrected chi connectivity index (χ1v) is 6.49. The van der Waals surface area contributed by atoms with E-state index < -0.39 is 17.8 Å². The Balaban J connectivity index is 2.16. The van der Waals surface area contributed by atoms with Crippen LogP contribution in [0.3, 0.4) is 0 Å². The average Bonchev–Trinajstić information content (AvgIpc) is 2.91. The summed E-state index contributed by atoms with van der Waals surface area (Å²) >= 11 is 1.50. The first-order valence-electron chi connectivity index (χ1n) is 5.61. The van der Waals surface area contributed by atoms with Crippen molar-refractivity contribution in [3.05, 3.63) is 35.8 Å². The minimum absolute atomic E-state index is 0.538. The molecule has 2 N–H and O–H groups in total. The number of carbonyl (C=O) groups is 2. The summed E-state index contributed by atoms with van der Waals surface area (Å²) in [6, 6.07) is 7.15. The summed E-state index contributed by atoms with van der Waals surface area (Å²) in [6.07, 6.45) is 1.71. The van der Waals surface area contributed by atoms with Crippen LogP contribution in [0.5, 0.6) is 0 Å². The highest BCUT2D eigenvalue weighted by Crippen LogP contribution is 2.24. The maximum atomic E-state index is 11.6. The summed E-state index contributed by atoms with van der Waals surface area (Å²) in [7, 11) is 0. The van der Waals surface area contributed by atoms with Crippen LogP contribution >= 0.6 is 11.3 Å². The van der Waals surface area contributed by atoms with Gasteiger partial charge in [-0.2, -0.15) is 0 Å². The van der Waals surface area contributed by atoms with Crippen molar-refractivity contribution < 1.29 is 14.7 Å². The Kier molecular flexibility index (Phi) is 3.91. The van der Waals surface area contributed by atoms with E-state index in [2.05, 4.69) is 10.3 Å². The number of benzene rings is 1. The number of aliphatic carboxylic acids is 1. The van der Waals surface area contributed by atoms with Crippen molar-refractivity contribution in [2.24, 2.45) is 5.92 Å². The van der Waals surface area contributed by atoms with Crippen molar-refractivity contribution in [2.45, 2.75) is 6.92 Å². The predicted molar refractivity (Wildman–Crippen MR) is 73.0 cm³/mol. The van der Waals surface area contributed by atoms with Crippen LogP contribution in [-0.4, -0.2) is 22.0 Å². The number of hydrogen-bond donors (Lipinski definition) is 2. The standard InChI is InChI=1S/C13H12N2O3S/c1-8(13(17)18)11(16)15-10-4-2-3-9(7-10)12-14-5-6-19-12/h2-8H,1H3,(H,15,16)(H,17,18). The van der Waals surface area contributed by atoms with Crippen LogP contribution in [0.15, 0.2) is 35.8 Å². The van der Waals surface area contributed by atoms with Crippen LogP contribution in [0.2, 0.25) is 0 Å². The van der Waals surface area contributed by atoms with E-state index in [1.54, 1.807) is 24.4 Å². The molecule has 19 heavy (non-hydrogen) atoms. The second-order valence-electron chi connectivity index (χ2n) is 3.97. The largest absolute Gasteiger partial charge is 0.481 e. The summed E-state index contributed by atoms with van der Waals surface area (Å²) in [4.78, 5) is 26.5.